The molecule has 1 atom stereocenters. The van der Waals surface area contributed by atoms with Crippen LogP contribution < -0.4 is 14.9 Å². The lowest BCUT2D eigenvalue weighted by molar-refractivity contribution is 0.0981. The second-order valence-corrected chi connectivity index (χ2v) is 22.6. The monoisotopic (exact) mass is 947 g/mol. The Bertz CT molecular complexity index is 2440. The Morgan fingerprint density at radius 3 is 2.21 bits per heavy atom. The third-order valence-corrected chi connectivity index (χ3v) is 16.3. The fourth-order valence-electron chi connectivity index (χ4n) is 7.80. The van der Waals surface area contributed by atoms with E-state index < -0.39 is 40.3 Å². The van der Waals surface area contributed by atoms with Crippen molar-refractivity contribution < 1.29 is 30.4 Å². The number of amides is 1. The van der Waals surface area contributed by atoms with Crippen LogP contribution >= 0.6 is 35.0 Å². The number of rotatable bonds is 17. The zero-order valence-electron chi connectivity index (χ0n) is 35.2. The van der Waals surface area contributed by atoms with Gasteiger partial charge < -0.3 is 15.1 Å². The van der Waals surface area contributed by atoms with Crippen molar-refractivity contribution >= 4 is 77.7 Å². The SMILES string of the molecule is CN(C)C(CCNc1ccc(S(=O)(=O)NC(=O)c2ccc(N3CCN(CC4=C(c5ccc(Cl)cc5)CCC(C)(C)C4)CC3)cc2)cc1S(=O)(=O)C(F)(F)Cl)CSc1ccccc1. The molecule has 1 aliphatic carbocycles. The number of allylic oxidation sites excluding steroid dienone is 1. The molecule has 2 N–H and O–H groups in total. The van der Waals surface area contributed by atoms with Gasteiger partial charge in [-0.3, -0.25) is 9.69 Å². The number of thioether (sulfide) groups is 1. The highest BCUT2D eigenvalue weighted by Gasteiger charge is 2.46. The van der Waals surface area contributed by atoms with E-state index in [4.69, 9.17) is 23.2 Å². The quantitative estimate of drug-likeness (QED) is 0.0784. The van der Waals surface area contributed by atoms with Gasteiger partial charge in [0.2, 0.25) is 0 Å². The number of halogens is 4. The van der Waals surface area contributed by atoms with Gasteiger partial charge in [-0.15, -0.1) is 11.8 Å². The van der Waals surface area contributed by atoms with Crippen molar-refractivity contribution in [3.63, 3.8) is 0 Å². The summed E-state index contributed by atoms with van der Waals surface area (Å²) < 4.78 is 78.8. The third-order valence-electron chi connectivity index (χ3n) is 11.4. The molecule has 1 unspecified atom stereocenters. The lowest BCUT2D eigenvalue weighted by atomic mass is 9.73. The molecule has 0 aromatic heterocycles. The van der Waals surface area contributed by atoms with E-state index in [1.807, 2.05) is 66.2 Å². The normalized spacial score (nSPS) is 17.0. The van der Waals surface area contributed by atoms with Crippen LogP contribution in [-0.2, 0) is 19.9 Å². The Morgan fingerprint density at radius 2 is 1.58 bits per heavy atom. The van der Waals surface area contributed by atoms with Gasteiger partial charge in [-0.2, -0.15) is 8.78 Å². The fraction of sp³-hybridized carbons (Fsp3) is 0.400. The summed E-state index contributed by atoms with van der Waals surface area (Å²) in [5.41, 5.74) is 4.98. The highest BCUT2D eigenvalue weighted by Crippen LogP contribution is 2.43. The number of nitrogens with zero attached hydrogens (tertiary/aromatic N) is 3. The molecule has 1 amide bonds. The van der Waals surface area contributed by atoms with Gasteiger partial charge in [0, 0.05) is 72.2 Å². The molecule has 6 rings (SSSR count). The van der Waals surface area contributed by atoms with Gasteiger partial charge in [-0.25, -0.2) is 21.6 Å². The minimum Gasteiger partial charge on any atom is -0.384 e. The molecule has 2 aliphatic rings. The predicted molar refractivity (Wildman–Crippen MR) is 248 cm³/mol. The van der Waals surface area contributed by atoms with Crippen molar-refractivity contribution in [2.45, 2.75) is 65.0 Å². The second-order valence-electron chi connectivity index (χ2n) is 16.7. The number of alkyl halides is 3. The summed E-state index contributed by atoms with van der Waals surface area (Å²) in [7, 11) is -6.49. The maximum Gasteiger partial charge on any atom is 0.427 e. The first-order chi connectivity index (χ1) is 29.2. The molecular weight excluding hydrogens is 896 g/mol. The Balaban J connectivity index is 1.08. The van der Waals surface area contributed by atoms with Crippen molar-refractivity contribution in [1.29, 1.82) is 0 Å². The Morgan fingerprint density at radius 1 is 0.919 bits per heavy atom. The number of hydrogen-bond donors (Lipinski definition) is 2. The van der Waals surface area contributed by atoms with Crippen LogP contribution in [0.3, 0.4) is 0 Å². The first-order valence-corrected chi connectivity index (χ1v) is 25.1. The molecule has 4 aromatic rings. The van der Waals surface area contributed by atoms with E-state index in [1.54, 1.807) is 23.9 Å². The largest absolute Gasteiger partial charge is 0.427 e. The summed E-state index contributed by atoms with van der Waals surface area (Å²) >= 11 is 12.9. The molecule has 10 nitrogen and oxygen atoms in total. The van der Waals surface area contributed by atoms with Crippen LogP contribution in [0.5, 0.6) is 0 Å². The van der Waals surface area contributed by atoms with Gasteiger partial charge in [-0.1, -0.05) is 61.4 Å². The van der Waals surface area contributed by atoms with E-state index in [0.29, 0.717) is 18.2 Å². The summed E-state index contributed by atoms with van der Waals surface area (Å²) in [6.07, 6.45) is 3.68. The number of carbonyl (C=O) groups excluding carboxylic acids is 1. The number of anilines is 2. The minimum atomic E-state index is -5.57. The zero-order valence-corrected chi connectivity index (χ0v) is 39.2. The Labute approximate surface area is 379 Å². The van der Waals surface area contributed by atoms with Crippen molar-refractivity contribution in [3.8, 4) is 0 Å². The molecule has 334 valence electrons. The number of piperazine rings is 1. The van der Waals surface area contributed by atoms with Crippen LogP contribution in [-0.4, -0.2) is 102 Å². The lowest BCUT2D eigenvalue weighted by Crippen LogP contribution is -2.47. The van der Waals surface area contributed by atoms with Gasteiger partial charge >= 0.3 is 4.71 Å². The number of hydrogen-bond acceptors (Lipinski definition) is 10. The predicted octanol–water partition coefficient (Wildman–Crippen LogP) is 9.33. The number of benzene rings is 4. The van der Waals surface area contributed by atoms with Gasteiger partial charge in [0.1, 0.15) is 0 Å². The van der Waals surface area contributed by atoms with Crippen molar-refractivity contribution in [3.05, 3.63) is 119 Å². The molecule has 4 aromatic carbocycles. The summed E-state index contributed by atoms with van der Waals surface area (Å²) in [5.74, 6) is -0.273. The van der Waals surface area contributed by atoms with Gasteiger partial charge in [0.25, 0.3) is 25.8 Å². The molecule has 1 saturated heterocycles. The molecule has 0 spiro atoms. The molecule has 1 fully saturated rings. The van der Waals surface area contributed by atoms with E-state index in [1.165, 1.54) is 28.8 Å². The number of sulfonamides is 1. The van der Waals surface area contributed by atoms with Crippen molar-refractivity contribution in [2.24, 2.45) is 5.41 Å². The van der Waals surface area contributed by atoms with Crippen LogP contribution in [0, 0.1) is 5.41 Å². The molecule has 1 aliphatic heterocycles. The van der Waals surface area contributed by atoms with E-state index in [9.17, 15) is 30.4 Å². The summed E-state index contributed by atoms with van der Waals surface area (Å²) in [5, 5.41) is 3.61. The standard InChI is InChI=1S/C45H53Cl2F2N5O5S3/c1-44(2)22-20-40(32-10-14-35(46)15-11-32)34(29-44)30-53-24-26-54(27-25-53)36-16-12-33(13-17-36)43(55)51-62(58,59)39-18-19-41(42(28-39)61(56,57)45(47,48)49)50-23-21-37(52(3)4)31-60-38-8-6-5-7-9-38/h5-19,28,37,50H,20-27,29-31H2,1-4H3,(H,51,55). The third kappa shape index (κ3) is 12.1. The van der Waals surface area contributed by atoms with Gasteiger partial charge in [-0.05, 0) is 135 Å². The van der Waals surface area contributed by atoms with E-state index >= 15 is 0 Å². The van der Waals surface area contributed by atoms with Crippen LogP contribution in [0.25, 0.3) is 5.57 Å². The highest BCUT2D eigenvalue weighted by atomic mass is 35.5. The maximum atomic E-state index is 14.3. The molecule has 17 heteroatoms. The first-order valence-electron chi connectivity index (χ1n) is 20.4. The van der Waals surface area contributed by atoms with Crippen molar-refractivity contribution in [1.82, 2.24) is 14.5 Å². The average Bonchev–Trinajstić information content (AvgIpc) is 3.22. The van der Waals surface area contributed by atoms with Crippen LogP contribution in [0.2, 0.25) is 5.02 Å². The van der Waals surface area contributed by atoms with Gasteiger partial charge in [0.05, 0.1) is 15.5 Å². The van der Waals surface area contributed by atoms with Crippen LogP contribution in [0.4, 0.5) is 20.2 Å². The van der Waals surface area contributed by atoms with Gasteiger partial charge in [0.15, 0.2) is 0 Å². The van der Waals surface area contributed by atoms with E-state index in [-0.39, 0.29) is 29.3 Å². The van der Waals surface area contributed by atoms with Crippen molar-refractivity contribution in [2.75, 3.05) is 69.3 Å². The lowest BCUT2D eigenvalue weighted by Gasteiger charge is -2.39. The van der Waals surface area contributed by atoms with E-state index in [0.717, 1.165) is 79.7 Å². The molecular formula is C45H53Cl2F2N5O5S3. The Kier molecular flexibility index (Phi) is 15.4. The molecule has 1 heterocycles. The summed E-state index contributed by atoms with van der Waals surface area (Å²) in [6, 6.07) is 27.1. The molecule has 0 radical (unpaired) electrons. The maximum absolute atomic E-state index is 14.3. The van der Waals surface area contributed by atoms with Crippen LogP contribution in [0.15, 0.2) is 117 Å². The molecule has 0 bridgehead atoms. The molecule has 62 heavy (non-hydrogen) atoms. The van der Waals surface area contributed by atoms with Crippen LogP contribution in [0.1, 0.15) is 55.5 Å². The smallest absolute Gasteiger partial charge is 0.384 e. The number of carbonyl (C=O) groups is 1. The first kappa shape index (κ1) is 47.8. The topological polar surface area (TPSA) is 119 Å². The Hall–Kier alpha value is -3.70. The molecule has 0 saturated carbocycles. The highest BCUT2D eigenvalue weighted by molar-refractivity contribution is 7.99. The number of nitrogens with one attached hydrogen (secondary N) is 2. The summed E-state index contributed by atoms with van der Waals surface area (Å²) in [4.78, 5) is 19.3. The number of sulfone groups is 1. The average molecular weight is 949 g/mol. The second kappa shape index (κ2) is 20.0. The minimum absolute atomic E-state index is 0.0222. The fourth-order valence-corrected chi connectivity index (χ4v) is 11.4. The van der Waals surface area contributed by atoms with E-state index in [2.05, 4.69) is 41.1 Å². The summed E-state index contributed by atoms with van der Waals surface area (Å²) in [6.45, 7) is 8.90. The zero-order chi connectivity index (χ0) is 44.9.